The Balaban J connectivity index is 1.84. The quantitative estimate of drug-likeness (QED) is 0.647. The Labute approximate surface area is 155 Å². The molecule has 0 aromatic heterocycles. The van der Waals surface area contributed by atoms with Crippen LogP contribution in [-0.4, -0.2) is 23.6 Å². The van der Waals surface area contributed by atoms with Crippen LogP contribution in [0.1, 0.15) is 43.6 Å². The molecule has 1 atom stereocenters. The monoisotopic (exact) mass is 378 g/mol. The molecule has 0 radical (unpaired) electrons. The summed E-state index contributed by atoms with van der Waals surface area (Å²) in [7, 11) is 0. The highest BCUT2D eigenvalue weighted by atomic mass is 19.3. The first-order valence-corrected chi connectivity index (χ1v) is 9.02. The summed E-state index contributed by atoms with van der Waals surface area (Å²) in [5, 5.41) is 9.32. The molecule has 0 saturated heterocycles. The molecule has 1 saturated carbocycles. The van der Waals surface area contributed by atoms with E-state index in [1.807, 2.05) is 0 Å². The van der Waals surface area contributed by atoms with Gasteiger partial charge in [-0.2, -0.15) is 0 Å². The molecule has 1 N–H and O–H groups in total. The van der Waals surface area contributed by atoms with Crippen LogP contribution in [0.3, 0.4) is 0 Å². The molecule has 0 heterocycles. The largest absolute Gasteiger partial charge is 0.487 e. The number of carboxylic acids is 1. The third-order valence-electron chi connectivity index (χ3n) is 4.90. The summed E-state index contributed by atoms with van der Waals surface area (Å²) in [6.07, 6.45) is -0.257. The van der Waals surface area contributed by atoms with E-state index in [-0.39, 0.29) is 18.3 Å². The number of ether oxygens (including phenoxy) is 1. The van der Waals surface area contributed by atoms with Gasteiger partial charge >= 0.3 is 5.97 Å². The van der Waals surface area contributed by atoms with Gasteiger partial charge in [-0.15, -0.1) is 0 Å². The number of hydrogen-bond acceptors (Lipinski definition) is 2. The molecule has 2 aromatic carbocycles. The first-order valence-electron chi connectivity index (χ1n) is 9.02. The minimum absolute atomic E-state index is 0.0191. The first kappa shape index (κ1) is 19.3. The minimum atomic E-state index is -2.54. The summed E-state index contributed by atoms with van der Waals surface area (Å²) in [5.41, 5.74) is 1.73. The zero-order valence-electron chi connectivity index (χ0n) is 14.7. The van der Waals surface area contributed by atoms with Gasteiger partial charge in [0.15, 0.2) is 11.6 Å². The molecule has 144 valence electrons. The molecular weight excluding hydrogens is 357 g/mol. The normalized spacial score (nSPS) is 15.4. The SMILES string of the molecule is O=C(O)C(CCC(F)F)c1ccc(-c2cccc(F)c2OC2CCC2)cc1. The van der Waals surface area contributed by atoms with E-state index in [0.29, 0.717) is 16.7 Å². The van der Waals surface area contributed by atoms with E-state index in [9.17, 15) is 23.1 Å². The summed E-state index contributed by atoms with van der Waals surface area (Å²) in [4.78, 5) is 11.4. The molecule has 3 nitrogen and oxygen atoms in total. The molecule has 1 aliphatic carbocycles. The van der Waals surface area contributed by atoms with Gasteiger partial charge in [-0.25, -0.2) is 13.2 Å². The van der Waals surface area contributed by atoms with Crippen molar-refractivity contribution in [3.63, 3.8) is 0 Å². The van der Waals surface area contributed by atoms with Crippen LogP contribution in [0.4, 0.5) is 13.2 Å². The van der Waals surface area contributed by atoms with Crippen molar-refractivity contribution in [2.75, 3.05) is 0 Å². The van der Waals surface area contributed by atoms with Gasteiger partial charge in [0.1, 0.15) is 0 Å². The maximum atomic E-state index is 14.3. The van der Waals surface area contributed by atoms with Gasteiger partial charge in [-0.1, -0.05) is 36.4 Å². The zero-order chi connectivity index (χ0) is 19.4. The topological polar surface area (TPSA) is 46.5 Å². The first-order chi connectivity index (χ1) is 13.0. The molecule has 1 fully saturated rings. The molecular formula is C21H21F3O3. The summed E-state index contributed by atoms with van der Waals surface area (Å²) in [6, 6.07) is 11.2. The lowest BCUT2D eigenvalue weighted by Crippen LogP contribution is -2.25. The summed E-state index contributed by atoms with van der Waals surface area (Å²) < 4.78 is 44.9. The van der Waals surface area contributed by atoms with Gasteiger partial charge < -0.3 is 9.84 Å². The second kappa shape index (κ2) is 8.46. The van der Waals surface area contributed by atoms with Crippen LogP contribution in [0.15, 0.2) is 42.5 Å². The summed E-state index contributed by atoms with van der Waals surface area (Å²) in [6.45, 7) is 0. The van der Waals surface area contributed by atoms with Crippen LogP contribution in [0.5, 0.6) is 5.75 Å². The third-order valence-corrected chi connectivity index (χ3v) is 4.90. The Kier molecular flexibility index (Phi) is 6.04. The fourth-order valence-electron chi connectivity index (χ4n) is 3.13. The lowest BCUT2D eigenvalue weighted by atomic mass is 9.92. The lowest BCUT2D eigenvalue weighted by molar-refractivity contribution is -0.139. The second-order valence-corrected chi connectivity index (χ2v) is 6.77. The van der Waals surface area contributed by atoms with E-state index < -0.39 is 30.6 Å². The van der Waals surface area contributed by atoms with Crippen molar-refractivity contribution >= 4 is 5.97 Å². The Morgan fingerprint density at radius 3 is 2.37 bits per heavy atom. The number of hydrogen-bond donors (Lipinski definition) is 1. The van der Waals surface area contributed by atoms with Crippen molar-refractivity contribution in [3.05, 3.63) is 53.8 Å². The Morgan fingerprint density at radius 2 is 1.81 bits per heavy atom. The fraction of sp³-hybridized carbons (Fsp3) is 0.381. The van der Waals surface area contributed by atoms with Crippen LogP contribution in [0.2, 0.25) is 0 Å². The Hall–Kier alpha value is -2.50. The van der Waals surface area contributed by atoms with Crippen molar-refractivity contribution in [1.29, 1.82) is 0 Å². The average molecular weight is 378 g/mol. The van der Waals surface area contributed by atoms with Gasteiger partial charge in [-0.3, -0.25) is 4.79 Å². The van der Waals surface area contributed by atoms with Gasteiger partial charge in [-0.05, 0) is 42.9 Å². The number of carboxylic acid groups (broad SMARTS) is 1. The van der Waals surface area contributed by atoms with Crippen LogP contribution in [0, 0.1) is 5.82 Å². The molecule has 27 heavy (non-hydrogen) atoms. The number of rotatable bonds is 8. The number of carbonyl (C=O) groups is 1. The predicted octanol–water partition coefficient (Wildman–Crippen LogP) is 5.64. The van der Waals surface area contributed by atoms with E-state index in [1.54, 1.807) is 36.4 Å². The van der Waals surface area contributed by atoms with E-state index in [1.165, 1.54) is 6.07 Å². The standard InChI is InChI=1S/C21H21F3O3/c22-18-6-2-5-16(20(18)27-15-3-1-4-15)13-7-9-14(10-8-13)17(21(25)26)11-12-19(23)24/h2,5-10,15,17,19H,1,3-4,11-12H2,(H,25,26). The van der Waals surface area contributed by atoms with Crippen LogP contribution >= 0.6 is 0 Å². The van der Waals surface area contributed by atoms with E-state index >= 15 is 0 Å². The van der Waals surface area contributed by atoms with Gasteiger partial charge in [0.05, 0.1) is 12.0 Å². The number of para-hydroxylation sites is 1. The third kappa shape index (κ3) is 4.62. The lowest BCUT2D eigenvalue weighted by Gasteiger charge is -2.27. The maximum Gasteiger partial charge on any atom is 0.310 e. The van der Waals surface area contributed by atoms with Gasteiger partial charge in [0.25, 0.3) is 0 Å². The maximum absolute atomic E-state index is 14.3. The highest BCUT2D eigenvalue weighted by Gasteiger charge is 2.24. The van der Waals surface area contributed by atoms with Gasteiger partial charge in [0, 0.05) is 12.0 Å². The molecule has 0 spiro atoms. The van der Waals surface area contributed by atoms with Crippen molar-refractivity contribution in [1.82, 2.24) is 0 Å². The summed E-state index contributed by atoms with van der Waals surface area (Å²) in [5.74, 6) is -2.37. The number of benzene rings is 2. The van der Waals surface area contributed by atoms with Crippen molar-refractivity contribution < 1.29 is 27.8 Å². The van der Waals surface area contributed by atoms with Crippen molar-refractivity contribution in [3.8, 4) is 16.9 Å². The molecule has 3 rings (SSSR count). The molecule has 2 aromatic rings. The van der Waals surface area contributed by atoms with Gasteiger partial charge in [0.2, 0.25) is 6.43 Å². The molecule has 0 amide bonds. The second-order valence-electron chi connectivity index (χ2n) is 6.77. The van der Waals surface area contributed by atoms with Crippen molar-refractivity contribution in [2.24, 2.45) is 0 Å². The number of halogens is 3. The van der Waals surface area contributed by atoms with Crippen molar-refractivity contribution in [2.45, 2.75) is 50.6 Å². The number of aliphatic carboxylic acids is 1. The predicted molar refractivity (Wildman–Crippen MR) is 95.7 cm³/mol. The molecule has 0 bridgehead atoms. The fourth-order valence-corrected chi connectivity index (χ4v) is 3.13. The average Bonchev–Trinajstić information content (AvgIpc) is 2.59. The summed E-state index contributed by atoms with van der Waals surface area (Å²) >= 11 is 0. The van der Waals surface area contributed by atoms with E-state index in [0.717, 1.165) is 19.3 Å². The molecule has 1 unspecified atom stereocenters. The highest BCUT2D eigenvalue weighted by molar-refractivity contribution is 5.77. The molecule has 1 aliphatic rings. The minimum Gasteiger partial charge on any atom is -0.487 e. The molecule has 6 heteroatoms. The smallest absolute Gasteiger partial charge is 0.310 e. The highest BCUT2D eigenvalue weighted by Crippen LogP contribution is 2.36. The number of alkyl halides is 2. The Bertz CT molecular complexity index is 786. The van der Waals surface area contributed by atoms with Crippen LogP contribution in [0.25, 0.3) is 11.1 Å². The van der Waals surface area contributed by atoms with Crippen LogP contribution in [-0.2, 0) is 4.79 Å². The molecule has 0 aliphatic heterocycles. The van der Waals surface area contributed by atoms with E-state index in [4.69, 9.17) is 4.74 Å². The van der Waals surface area contributed by atoms with Crippen LogP contribution < -0.4 is 4.74 Å². The van der Waals surface area contributed by atoms with E-state index in [2.05, 4.69) is 0 Å². The zero-order valence-corrected chi connectivity index (χ0v) is 14.7. The Morgan fingerprint density at radius 1 is 1.11 bits per heavy atom.